The fourth-order valence-corrected chi connectivity index (χ4v) is 2.23. The van der Waals surface area contributed by atoms with Gasteiger partial charge in [-0.3, -0.25) is 14.6 Å². The van der Waals surface area contributed by atoms with E-state index < -0.39 is 12.0 Å². The van der Waals surface area contributed by atoms with Gasteiger partial charge in [0.05, 0.1) is 0 Å². The Bertz CT molecular complexity index is 443. The Morgan fingerprint density at radius 1 is 0.867 bits per heavy atom. The maximum atomic E-state index is 11.8. The van der Waals surface area contributed by atoms with Gasteiger partial charge in [0.2, 0.25) is 11.8 Å². The largest absolute Gasteiger partial charge is 0.383 e. The van der Waals surface area contributed by atoms with E-state index in [1.54, 1.807) is 0 Å². The van der Waals surface area contributed by atoms with Crippen LogP contribution in [0.5, 0.6) is 0 Å². The summed E-state index contributed by atoms with van der Waals surface area (Å²) in [5.41, 5.74) is 15.8. The number of guanidine groups is 1. The molecule has 1 unspecified atom stereocenters. The quantitative estimate of drug-likeness (QED) is 0.0796. The normalized spacial score (nSPS) is 10.5. The van der Waals surface area contributed by atoms with E-state index in [9.17, 15) is 14.7 Å². The molecule has 0 aliphatic rings. The van der Waals surface area contributed by atoms with Crippen molar-refractivity contribution in [2.75, 3.05) is 39.3 Å². The molecule has 0 bridgehead atoms. The zero-order chi connectivity index (χ0) is 20.3. The van der Waals surface area contributed by atoms with Gasteiger partial charge in [0.1, 0.15) is 6.10 Å². The third kappa shape index (κ3) is 25.0. The number of aliphatic hydroxyl groups excluding tert-OH is 1. The van der Waals surface area contributed by atoms with Gasteiger partial charge in [-0.2, -0.15) is 0 Å². The van der Waals surface area contributed by atoms with Gasteiger partial charge in [-0.15, -0.1) is 37.2 Å². The Morgan fingerprint density at radius 2 is 1.50 bits per heavy atom. The lowest BCUT2D eigenvalue weighted by molar-refractivity contribution is -0.130. The molecule has 0 aromatic heterocycles. The van der Waals surface area contributed by atoms with Gasteiger partial charge < -0.3 is 38.3 Å². The van der Waals surface area contributed by atoms with Crippen molar-refractivity contribution in [3.8, 4) is 0 Å². The first-order valence-electron chi connectivity index (χ1n) is 9.66. The number of unbranched alkanes of at least 4 members (excludes halogenated alkanes) is 2. The van der Waals surface area contributed by atoms with Crippen molar-refractivity contribution in [3.63, 3.8) is 0 Å². The number of halogens is 3. The number of nitrogens with two attached hydrogens (primary N) is 3. The third-order valence-corrected chi connectivity index (χ3v) is 3.79. The summed E-state index contributed by atoms with van der Waals surface area (Å²) in [4.78, 5) is 27.2. The van der Waals surface area contributed by atoms with E-state index in [1.807, 2.05) is 0 Å². The molecule has 0 aliphatic carbocycles. The van der Waals surface area contributed by atoms with Crippen molar-refractivity contribution in [1.82, 2.24) is 16.0 Å². The second kappa shape index (κ2) is 26.0. The molecule has 0 saturated carbocycles. The van der Waals surface area contributed by atoms with E-state index in [0.29, 0.717) is 32.5 Å². The van der Waals surface area contributed by atoms with Crippen LogP contribution < -0.4 is 33.2 Å². The van der Waals surface area contributed by atoms with Crippen LogP contribution in [0.3, 0.4) is 0 Å². The average Bonchev–Trinajstić information content (AvgIpc) is 2.63. The smallest absolute Gasteiger partial charge is 0.248 e. The average molecular weight is 497 g/mol. The molecule has 10 N–H and O–H groups in total. The van der Waals surface area contributed by atoms with Crippen LogP contribution in [0.2, 0.25) is 0 Å². The van der Waals surface area contributed by atoms with E-state index in [4.69, 9.17) is 17.2 Å². The highest BCUT2D eigenvalue weighted by Crippen LogP contribution is 1.97. The topological polar surface area (TPSA) is 181 Å². The summed E-state index contributed by atoms with van der Waals surface area (Å²) >= 11 is 0. The molecule has 0 rings (SSSR count). The number of carbonyl (C=O) groups excluding carboxylic acids is 2. The summed E-state index contributed by atoms with van der Waals surface area (Å²) in [6, 6.07) is 0. The summed E-state index contributed by atoms with van der Waals surface area (Å²) in [6.07, 6.45) is 3.57. The van der Waals surface area contributed by atoms with Crippen LogP contribution in [-0.2, 0) is 9.59 Å². The maximum Gasteiger partial charge on any atom is 0.248 e. The highest BCUT2D eigenvalue weighted by molar-refractivity contribution is 5.86. The number of hydrogen-bond acceptors (Lipinski definition) is 6. The number of nitrogens with zero attached hydrogens (tertiary/aromatic N) is 1. The zero-order valence-electron chi connectivity index (χ0n) is 17.4. The van der Waals surface area contributed by atoms with Crippen LogP contribution in [0.15, 0.2) is 4.99 Å². The number of aliphatic imine (C=N–C) groups is 1. The second-order valence-corrected chi connectivity index (χ2v) is 6.31. The number of hydrogen-bond donors (Lipinski definition) is 7. The maximum absolute atomic E-state index is 11.8. The predicted octanol–water partition coefficient (Wildman–Crippen LogP) is -0.602. The summed E-state index contributed by atoms with van der Waals surface area (Å²) in [7, 11) is 0. The highest BCUT2D eigenvalue weighted by Gasteiger charge is 2.14. The van der Waals surface area contributed by atoms with Crippen LogP contribution in [0.25, 0.3) is 0 Å². The van der Waals surface area contributed by atoms with E-state index in [-0.39, 0.29) is 62.1 Å². The molecule has 0 saturated heterocycles. The Morgan fingerprint density at radius 3 is 2.13 bits per heavy atom. The van der Waals surface area contributed by atoms with Crippen LogP contribution in [-0.4, -0.2) is 68.3 Å². The summed E-state index contributed by atoms with van der Waals surface area (Å²) in [6.45, 7) is 3.75. The van der Waals surface area contributed by atoms with E-state index in [1.165, 1.54) is 0 Å². The Hall–Kier alpha value is -1.04. The van der Waals surface area contributed by atoms with Crippen LogP contribution in [0.4, 0.5) is 0 Å². The van der Waals surface area contributed by atoms with E-state index >= 15 is 0 Å². The molecule has 182 valence electrons. The Balaban J connectivity index is -0.00000113. The fourth-order valence-electron chi connectivity index (χ4n) is 2.23. The molecule has 0 radical (unpaired) electrons. The molecule has 2 amide bonds. The molecule has 30 heavy (non-hydrogen) atoms. The number of aliphatic hydroxyl groups is 1. The minimum atomic E-state index is -1.12. The molecular formula is C17H40Cl3N7O3. The number of carbonyl (C=O) groups is 2. The van der Waals surface area contributed by atoms with Crippen molar-refractivity contribution in [1.29, 1.82) is 0 Å². The van der Waals surface area contributed by atoms with Crippen molar-refractivity contribution in [2.45, 2.75) is 51.0 Å². The fraction of sp³-hybridized carbons (Fsp3) is 0.824. The van der Waals surface area contributed by atoms with Crippen LogP contribution in [0.1, 0.15) is 44.9 Å². The first kappa shape index (κ1) is 36.3. The number of amides is 2. The summed E-state index contributed by atoms with van der Waals surface area (Å²) in [5.74, 6) is -0.474. The molecule has 0 heterocycles. The molecule has 13 heteroatoms. The van der Waals surface area contributed by atoms with Gasteiger partial charge in [-0.05, 0) is 58.2 Å². The van der Waals surface area contributed by atoms with Crippen molar-refractivity contribution in [2.24, 2.45) is 22.2 Å². The second-order valence-electron chi connectivity index (χ2n) is 6.31. The number of nitrogens with one attached hydrogen (secondary N) is 3. The first-order chi connectivity index (χ1) is 13.0. The van der Waals surface area contributed by atoms with Gasteiger partial charge in [-0.25, -0.2) is 0 Å². The van der Waals surface area contributed by atoms with Crippen LogP contribution >= 0.6 is 37.2 Å². The molecule has 0 aliphatic heterocycles. The monoisotopic (exact) mass is 495 g/mol. The van der Waals surface area contributed by atoms with E-state index in [2.05, 4.69) is 20.9 Å². The Kier molecular flexibility index (Phi) is 31.5. The van der Waals surface area contributed by atoms with Crippen molar-refractivity contribution >= 4 is 55.0 Å². The lowest BCUT2D eigenvalue weighted by Gasteiger charge is -2.12. The molecule has 1 atom stereocenters. The molecule has 0 aromatic carbocycles. The number of rotatable bonds is 17. The SMILES string of the molecule is Cl.Cl.Cl.NCCCNCCCCNC(=O)C(O)CCNC(=O)CCCCN=C(N)N. The molecule has 0 fully saturated rings. The van der Waals surface area contributed by atoms with Crippen molar-refractivity contribution in [3.05, 3.63) is 0 Å². The molecular weight excluding hydrogens is 457 g/mol. The van der Waals surface area contributed by atoms with E-state index in [0.717, 1.165) is 38.8 Å². The lowest BCUT2D eigenvalue weighted by atomic mass is 10.2. The van der Waals surface area contributed by atoms with Gasteiger partial charge in [0.25, 0.3) is 0 Å². The predicted molar refractivity (Wildman–Crippen MR) is 129 cm³/mol. The van der Waals surface area contributed by atoms with Gasteiger partial charge in [0.15, 0.2) is 5.96 Å². The molecule has 0 spiro atoms. The van der Waals surface area contributed by atoms with Crippen molar-refractivity contribution < 1.29 is 14.7 Å². The van der Waals surface area contributed by atoms with Gasteiger partial charge in [-0.1, -0.05) is 0 Å². The third-order valence-electron chi connectivity index (χ3n) is 3.79. The minimum absolute atomic E-state index is 0. The first-order valence-corrected chi connectivity index (χ1v) is 9.66. The lowest BCUT2D eigenvalue weighted by Crippen LogP contribution is -2.37. The molecule has 10 nitrogen and oxygen atoms in total. The van der Waals surface area contributed by atoms with Crippen LogP contribution in [0, 0.1) is 0 Å². The zero-order valence-corrected chi connectivity index (χ0v) is 19.9. The van der Waals surface area contributed by atoms with Gasteiger partial charge in [0, 0.05) is 26.1 Å². The Labute approximate surface area is 198 Å². The summed E-state index contributed by atoms with van der Waals surface area (Å²) in [5, 5.41) is 18.5. The summed E-state index contributed by atoms with van der Waals surface area (Å²) < 4.78 is 0. The minimum Gasteiger partial charge on any atom is -0.383 e. The standard InChI is InChI=1S/C17H37N7O3.3ClH/c18-8-5-10-21-9-3-4-11-23-16(27)14(25)7-13-22-15(26)6-1-2-12-24-17(19)20;;;/h14,21,25H,1-13,18H2,(H,22,26)(H,23,27)(H4,19,20,24);3*1H. The van der Waals surface area contributed by atoms with Gasteiger partial charge >= 0.3 is 0 Å². The molecule has 0 aromatic rings. The highest BCUT2D eigenvalue weighted by atomic mass is 35.5.